The normalized spacial score (nSPS) is 11.1. The number of nitrogens with zero attached hydrogens (tertiary/aromatic N) is 4. The lowest BCUT2D eigenvalue weighted by Gasteiger charge is -2.09. The maximum Gasteiger partial charge on any atom is 0.208 e. The molecule has 5 nitrogen and oxygen atoms in total. The molecule has 0 saturated heterocycles. The van der Waals surface area contributed by atoms with Crippen molar-refractivity contribution < 1.29 is 0 Å². The molecular formula is C12H19N5. The number of aryl methyl sites for hydroxylation is 2. The fourth-order valence-corrected chi connectivity index (χ4v) is 1.57. The van der Waals surface area contributed by atoms with Crippen LogP contribution >= 0.6 is 0 Å². The Kier molecular flexibility index (Phi) is 3.17. The molecule has 0 unspecified atom stereocenters. The van der Waals surface area contributed by atoms with Crippen LogP contribution in [0, 0.1) is 12.8 Å². The molecule has 0 aliphatic carbocycles. The van der Waals surface area contributed by atoms with E-state index in [1.54, 1.807) is 6.20 Å². The Morgan fingerprint density at radius 3 is 2.76 bits per heavy atom. The minimum Gasteiger partial charge on any atom is -0.355 e. The van der Waals surface area contributed by atoms with Gasteiger partial charge in [-0.1, -0.05) is 13.8 Å². The molecule has 0 saturated carbocycles. The zero-order valence-electron chi connectivity index (χ0n) is 10.8. The van der Waals surface area contributed by atoms with Gasteiger partial charge in [0, 0.05) is 37.7 Å². The van der Waals surface area contributed by atoms with Crippen LogP contribution in [0.1, 0.15) is 19.5 Å². The Hall–Kier alpha value is -1.78. The van der Waals surface area contributed by atoms with Crippen LogP contribution in [0.5, 0.6) is 0 Å². The molecular weight excluding hydrogens is 214 g/mol. The summed E-state index contributed by atoms with van der Waals surface area (Å²) in [6.07, 6.45) is 3.71. The summed E-state index contributed by atoms with van der Waals surface area (Å²) < 4.78 is 3.83. The van der Waals surface area contributed by atoms with Gasteiger partial charge in [-0.2, -0.15) is 5.10 Å². The number of anilines is 1. The Labute approximate surface area is 101 Å². The van der Waals surface area contributed by atoms with E-state index in [1.165, 1.54) is 0 Å². The molecule has 0 aromatic carbocycles. The van der Waals surface area contributed by atoms with Gasteiger partial charge in [0.05, 0.1) is 0 Å². The van der Waals surface area contributed by atoms with Crippen LogP contribution in [0.3, 0.4) is 0 Å². The predicted octanol–water partition coefficient (Wildman–Crippen LogP) is 1.98. The first kappa shape index (κ1) is 11.7. The van der Waals surface area contributed by atoms with Gasteiger partial charge in [-0.25, -0.2) is 4.98 Å². The molecule has 2 rings (SSSR count). The fraction of sp³-hybridized carbons (Fsp3) is 0.500. The van der Waals surface area contributed by atoms with Gasteiger partial charge in [-0.05, 0) is 12.8 Å². The largest absolute Gasteiger partial charge is 0.355 e. The van der Waals surface area contributed by atoms with Crippen molar-refractivity contribution in [2.45, 2.75) is 20.8 Å². The van der Waals surface area contributed by atoms with Crippen LogP contribution in [0.15, 0.2) is 18.5 Å². The highest BCUT2D eigenvalue weighted by molar-refractivity contribution is 5.37. The van der Waals surface area contributed by atoms with E-state index in [-0.39, 0.29) is 0 Å². The molecule has 0 atom stereocenters. The second-order valence-electron chi connectivity index (χ2n) is 4.66. The van der Waals surface area contributed by atoms with Crippen LogP contribution < -0.4 is 5.32 Å². The number of hydrogen-bond donors (Lipinski definition) is 1. The van der Waals surface area contributed by atoms with Gasteiger partial charge in [0.1, 0.15) is 0 Å². The van der Waals surface area contributed by atoms with E-state index in [2.05, 4.69) is 29.2 Å². The van der Waals surface area contributed by atoms with Crippen molar-refractivity contribution in [2.24, 2.45) is 13.0 Å². The second-order valence-corrected chi connectivity index (χ2v) is 4.66. The first-order valence-corrected chi connectivity index (χ1v) is 5.86. The average molecular weight is 233 g/mol. The third kappa shape index (κ3) is 2.49. The highest BCUT2D eigenvalue weighted by atomic mass is 15.3. The number of aromatic nitrogens is 4. The maximum atomic E-state index is 4.44. The molecule has 0 bridgehead atoms. The summed E-state index contributed by atoms with van der Waals surface area (Å²) in [5, 5.41) is 7.76. The van der Waals surface area contributed by atoms with Gasteiger partial charge in [0.15, 0.2) is 5.82 Å². The predicted molar refractivity (Wildman–Crippen MR) is 68.4 cm³/mol. The summed E-state index contributed by atoms with van der Waals surface area (Å²) in [4.78, 5) is 4.31. The van der Waals surface area contributed by atoms with Crippen molar-refractivity contribution in [1.82, 2.24) is 19.3 Å². The Morgan fingerprint density at radius 2 is 2.18 bits per heavy atom. The number of nitrogens with one attached hydrogen (secondary N) is 1. The van der Waals surface area contributed by atoms with Crippen molar-refractivity contribution in [3.8, 4) is 5.82 Å². The lowest BCUT2D eigenvalue weighted by molar-refractivity contribution is 0.681. The highest BCUT2D eigenvalue weighted by Gasteiger charge is 2.08. The molecule has 0 aliphatic rings. The summed E-state index contributed by atoms with van der Waals surface area (Å²) in [6.45, 7) is 7.29. The number of hydrogen-bond acceptors (Lipinski definition) is 3. The second kappa shape index (κ2) is 4.61. The van der Waals surface area contributed by atoms with E-state index in [9.17, 15) is 0 Å². The van der Waals surface area contributed by atoms with Gasteiger partial charge in [-0.15, -0.1) is 0 Å². The van der Waals surface area contributed by atoms with Crippen LogP contribution in [-0.4, -0.2) is 25.9 Å². The minimum atomic E-state index is 0.589. The SMILES string of the molecule is Cc1cc(-n2ccnc2NCC(C)C)nn1C. The third-order valence-electron chi connectivity index (χ3n) is 2.66. The molecule has 17 heavy (non-hydrogen) atoms. The molecule has 2 heterocycles. The van der Waals surface area contributed by atoms with E-state index < -0.39 is 0 Å². The van der Waals surface area contributed by atoms with Crippen LogP contribution in [0.2, 0.25) is 0 Å². The molecule has 0 spiro atoms. The molecule has 2 aromatic heterocycles. The number of rotatable bonds is 4. The van der Waals surface area contributed by atoms with Gasteiger partial charge >= 0.3 is 0 Å². The molecule has 2 aromatic rings. The molecule has 5 heteroatoms. The topological polar surface area (TPSA) is 47.7 Å². The van der Waals surface area contributed by atoms with Crippen molar-refractivity contribution in [1.29, 1.82) is 0 Å². The highest BCUT2D eigenvalue weighted by Crippen LogP contribution is 2.14. The fourth-order valence-electron chi connectivity index (χ4n) is 1.57. The lowest BCUT2D eigenvalue weighted by Crippen LogP contribution is -2.12. The smallest absolute Gasteiger partial charge is 0.208 e. The molecule has 0 fully saturated rings. The summed E-state index contributed by atoms with van der Waals surface area (Å²) >= 11 is 0. The van der Waals surface area contributed by atoms with Gasteiger partial charge < -0.3 is 5.32 Å². The van der Waals surface area contributed by atoms with Crippen LogP contribution in [0.4, 0.5) is 5.95 Å². The lowest BCUT2D eigenvalue weighted by atomic mass is 10.2. The van der Waals surface area contributed by atoms with E-state index >= 15 is 0 Å². The zero-order chi connectivity index (χ0) is 12.4. The summed E-state index contributed by atoms with van der Waals surface area (Å²) in [5.41, 5.74) is 1.13. The first-order chi connectivity index (χ1) is 8.08. The standard InChI is InChI=1S/C12H19N5/c1-9(2)8-14-12-13-5-6-17(12)11-7-10(3)16(4)15-11/h5-7,9H,8H2,1-4H3,(H,13,14). The van der Waals surface area contributed by atoms with Crippen molar-refractivity contribution in [3.63, 3.8) is 0 Å². The van der Waals surface area contributed by atoms with E-state index in [0.29, 0.717) is 5.92 Å². The molecule has 1 N–H and O–H groups in total. The summed E-state index contributed by atoms with van der Waals surface area (Å²) in [7, 11) is 1.94. The van der Waals surface area contributed by atoms with Crippen LogP contribution in [0.25, 0.3) is 5.82 Å². The van der Waals surface area contributed by atoms with Crippen LogP contribution in [-0.2, 0) is 7.05 Å². The summed E-state index contributed by atoms with van der Waals surface area (Å²) in [5.74, 6) is 2.33. The maximum absolute atomic E-state index is 4.44. The zero-order valence-corrected chi connectivity index (χ0v) is 10.8. The third-order valence-corrected chi connectivity index (χ3v) is 2.66. The monoisotopic (exact) mass is 233 g/mol. The molecule has 0 amide bonds. The van der Waals surface area contributed by atoms with E-state index in [0.717, 1.165) is 24.0 Å². The number of imidazole rings is 1. The van der Waals surface area contributed by atoms with Crippen molar-refractivity contribution in [3.05, 3.63) is 24.2 Å². The Balaban J connectivity index is 2.24. The van der Waals surface area contributed by atoms with Gasteiger partial charge in [-0.3, -0.25) is 9.25 Å². The Morgan fingerprint density at radius 1 is 1.41 bits per heavy atom. The first-order valence-electron chi connectivity index (χ1n) is 5.86. The Bertz CT molecular complexity index is 475. The van der Waals surface area contributed by atoms with E-state index in [4.69, 9.17) is 0 Å². The average Bonchev–Trinajstić information content (AvgIpc) is 2.83. The summed E-state index contributed by atoms with van der Waals surface area (Å²) in [6, 6.07) is 2.04. The molecule has 0 aliphatic heterocycles. The molecule has 92 valence electrons. The molecule has 0 radical (unpaired) electrons. The van der Waals surface area contributed by atoms with Crippen molar-refractivity contribution in [2.75, 3.05) is 11.9 Å². The van der Waals surface area contributed by atoms with Gasteiger partial charge in [0.2, 0.25) is 5.95 Å². The quantitative estimate of drug-likeness (QED) is 0.878. The van der Waals surface area contributed by atoms with E-state index in [1.807, 2.05) is 35.5 Å². The van der Waals surface area contributed by atoms with Crippen molar-refractivity contribution >= 4 is 5.95 Å². The van der Waals surface area contributed by atoms with Gasteiger partial charge in [0.25, 0.3) is 0 Å². The minimum absolute atomic E-state index is 0.589.